The van der Waals surface area contributed by atoms with Crippen LogP contribution in [0.5, 0.6) is 5.75 Å². The van der Waals surface area contributed by atoms with Gasteiger partial charge in [0.1, 0.15) is 40.9 Å². The Morgan fingerprint density at radius 1 is 0.949 bits per heavy atom. The lowest BCUT2D eigenvalue weighted by molar-refractivity contribution is 0.386. The zero-order chi connectivity index (χ0) is 27.3. The van der Waals surface area contributed by atoms with Gasteiger partial charge in [-0.2, -0.15) is 5.10 Å². The minimum atomic E-state index is -0.695. The molecule has 9 nitrogen and oxygen atoms in total. The third-order valence-corrected chi connectivity index (χ3v) is 6.57. The van der Waals surface area contributed by atoms with Gasteiger partial charge in [-0.3, -0.25) is 9.36 Å². The molecule has 3 aromatic heterocycles. The van der Waals surface area contributed by atoms with Gasteiger partial charge >= 0.3 is 0 Å². The number of nitrogens with zero attached hydrogens (tertiary/aromatic N) is 6. The van der Waals surface area contributed by atoms with E-state index in [4.69, 9.17) is 20.6 Å². The van der Waals surface area contributed by atoms with E-state index in [1.807, 2.05) is 6.07 Å². The quantitative estimate of drug-likeness (QED) is 0.348. The molecule has 1 unspecified atom stereocenters. The highest BCUT2D eigenvalue weighted by Crippen LogP contribution is 2.34. The minimum absolute atomic E-state index is 0.0829. The Morgan fingerprint density at radius 3 is 2.49 bits per heavy atom. The zero-order valence-corrected chi connectivity index (χ0v) is 20.8. The van der Waals surface area contributed by atoms with Crippen LogP contribution < -0.4 is 16.0 Å². The van der Waals surface area contributed by atoms with Gasteiger partial charge in [0.2, 0.25) is 0 Å². The lowest BCUT2D eigenvalue weighted by atomic mass is 10.1. The molecule has 1 atom stereocenters. The third-order valence-electron chi connectivity index (χ3n) is 6.57. The number of rotatable bonds is 5. The van der Waals surface area contributed by atoms with Crippen LogP contribution in [0, 0.1) is 11.6 Å². The number of para-hydroxylation sites is 1. The summed E-state index contributed by atoms with van der Waals surface area (Å²) in [6.07, 6.45) is 1.30. The summed E-state index contributed by atoms with van der Waals surface area (Å²) in [5.74, 6) is -0.711. The molecule has 0 aliphatic carbocycles. The molecule has 0 aliphatic heterocycles. The van der Waals surface area contributed by atoms with Crippen LogP contribution in [0.2, 0.25) is 0 Å². The fraction of sp³-hybridized carbons (Fsp3) is 0.107. The first-order valence-corrected chi connectivity index (χ1v) is 12.0. The fourth-order valence-corrected chi connectivity index (χ4v) is 4.70. The highest BCUT2D eigenvalue weighted by Gasteiger charge is 2.26. The van der Waals surface area contributed by atoms with E-state index in [9.17, 15) is 13.6 Å². The summed E-state index contributed by atoms with van der Waals surface area (Å²) < 4.78 is 37.4. The molecular formula is C28H21F2N7O2. The van der Waals surface area contributed by atoms with E-state index >= 15 is 0 Å². The summed E-state index contributed by atoms with van der Waals surface area (Å²) in [4.78, 5) is 26.9. The first kappa shape index (κ1) is 24.2. The Morgan fingerprint density at radius 2 is 1.74 bits per heavy atom. The van der Waals surface area contributed by atoms with Crippen molar-refractivity contribution in [3.63, 3.8) is 0 Å². The van der Waals surface area contributed by atoms with Crippen molar-refractivity contribution in [3.05, 3.63) is 101 Å². The fourth-order valence-electron chi connectivity index (χ4n) is 4.70. The lowest BCUT2D eigenvalue weighted by Gasteiger charge is -2.19. The van der Waals surface area contributed by atoms with E-state index in [-0.39, 0.29) is 22.5 Å². The van der Waals surface area contributed by atoms with E-state index in [0.717, 1.165) is 0 Å². The molecule has 6 rings (SSSR count). The standard InChI is InChI=1S/C28H21F2N7O2/c1-15(26-34-20-10-6-9-18(29)22(20)28(38)36(26)17-7-4-3-5-8-17)37-27-23(25(31)32-14-33-27)24(35-37)16-11-12-21(39-2)19(30)13-16/h3-15H,1-2H3,(H2,31,32,33). The highest BCUT2D eigenvalue weighted by molar-refractivity contribution is 5.98. The van der Waals surface area contributed by atoms with E-state index in [0.29, 0.717) is 33.8 Å². The Balaban J connectivity index is 1.63. The average Bonchev–Trinajstić information content (AvgIpc) is 3.34. The van der Waals surface area contributed by atoms with Crippen LogP contribution in [0.25, 0.3) is 38.9 Å². The van der Waals surface area contributed by atoms with Crippen molar-refractivity contribution in [2.45, 2.75) is 13.0 Å². The molecule has 11 heteroatoms. The largest absolute Gasteiger partial charge is 0.494 e. The van der Waals surface area contributed by atoms with Gasteiger partial charge in [0.05, 0.1) is 23.7 Å². The molecule has 0 saturated carbocycles. The first-order chi connectivity index (χ1) is 18.9. The van der Waals surface area contributed by atoms with Crippen LogP contribution in [0.4, 0.5) is 14.6 Å². The normalized spacial score (nSPS) is 12.2. The van der Waals surface area contributed by atoms with Crippen molar-refractivity contribution >= 4 is 27.8 Å². The van der Waals surface area contributed by atoms with Crippen LogP contribution in [0.1, 0.15) is 18.8 Å². The molecule has 0 aliphatic rings. The highest BCUT2D eigenvalue weighted by atomic mass is 19.1. The smallest absolute Gasteiger partial charge is 0.269 e. The second kappa shape index (κ2) is 9.28. The maximum Gasteiger partial charge on any atom is 0.269 e. The van der Waals surface area contributed by atoms with Gasteiger partial charge in [-0.15, -0.1) is 0 Å². The van der Waals surface area contributed by atoms with Crippen LogP contribution in [0.15, 0.2) is 77.9 Å². The summed E-state index contributed by atoms with van der Waals surface area (Å²) in [6.45, 7) is 1.79. The molecule has 3 aromatic carbocycles. The van der Waals surface area contributed by atoms with Gasteiger partial charge < -0.3 is 10.5 Å². The minimum Gasteiger partial charge on any atom is -0.494 e. The van der Waals surface area contributed by atoms with Gasteiger partial charge in [-0.25, -0.2) is 28.4 Å². The van der Waals surface area contributed by atoms with Crippen molar-refractivity contribution in [1.29, 1.82) is 0 Å². The molecule has 0 radical (unpaired) electrons. The van der Waals surface area contributed by atoms with E-state index < -0.39 is 23.2 Å². The molecule has 194 valence electrons. The number of methoxy groups -OCH3 is 1. The number of halogens is 2. The van der Waals surface area contributed by atoms with E-state index in [1.165, 1.54) is 42.3 Å². The number of hydrogen-bond acceptors (Lipinski definition) is 7. The zero-order valence-electron chi connectivity index (χ0n) is 20.8. The summed E-state index contributed by atoms with van der Waals surface area (Å²) >= 11 is 0. The number of anilines is 1. The lowest BCUT2D eigenvalue weighted by Crippen LogP contribution is -2.28. The predicted molar refractivity (Wildman–Crippen MR) is 143 cm³/mol. The summed E-state index contributed by atoms with van der Waals surface area (Å²) in [7, 11) is 1.38. The molecule has 0 saturated heterocycles. The summed E-state index contributed by atoms with van der Waals surface area (Å²) in [5, 5.41) is 5.04. The van der Waals surface area contributed by atoms with Gasteiger partial charge in [0, 0.05) is 5.56 Å². The number of nitrogen functional groups attached to an aromatic ring is 1. The van der Waals surface area contributed by atoms with Crippen LogP contribution >= 0.6 is 0 Å². The predicted octanol–water partition coefficient (Wildman–Crippen LogP) is 4.67. The monoisotopic (exact) mass is 525 g/mol. The molecule has 39 heavy (non-hydrogen) atoms. The topological polar surface area (TPSA) is 114 Å². The molecular weight excluding hydrogens is 504 g/mol. The van der Waals surface area contributed by atoms with Crippen molar-refractivity contribution in [1.82, 2.24) is 29.3 Å². The molecule has 6 aromatic rings. The molecule has 0 fully saturated rings. The van der Waals surface area contributed by atoms with Crippen molar-refractivity contribution in [2.75, 3.05) is 12.8 Å². The van der Waals surface area contributed by atoms with Crippen LogP contribution in [-0.2, 0) is 0 Å². The molecule has 2 N–H and O–H groups in total. The summed E-state index contributed by atoms with van der Waals surface area (Å²) in [5.41, 5.74) is 7.52. The number of hydrogen-bond donors (Lipinski definition) is 1. The first-order valence-electron chi connectivity index (χ1n) is 12.0. The van der Waals surface area contributed by atoms with E-state index in [1.54, 1.807) is 48.0 Å². The van der Waals surface area contributed by atoms with Gasteiger partial charge in [0.15, 0.2) is 17.2 Å². The number of fused-ring (bicyclic) bond motifs is 2. The maximum atomic E-state index is 14.8. The van der Waals surface area contributed by atoms with Gasteiger partial charge in [-0.1, -0.05) is 24.3 Å². The van der Waals surface area contributed by atoms with Crippen LogP contribution in [0.3, 0.4) is 0 Å². The number of aromatic nitrogens is 6. The van der Waals surface area contributed by atoms with Gasteiger partial charge in [0.25, 0.3) is 5.56 Å². The van der Waals surface area contributed by atoms with E-state index in [2.05, 4.69) is 9.97 Å². The Labute approximate surface area is 220 Å². The number of benzene rings is 3. The molecule has 0 amide bonds. The van der Waals surface area contributed by atoms with Gasteiger partial charge in [-0.05, 0) is 49.4 Å². The SMILES string of the molecule is COc1ccc(-c2nn(C(C)c3nc4cccc(F)c4c(=O)n3-c3ccccc3)c3ncnc(N)c23)cc1F. The third kappa shape index (κ3) is 3.86. The Bertz CT molecular complexity index is 1940. The Kier molecular flexibility index (Phi) is 5.75. The molecule has 0 bridgehead atoms. The second-order valence-electron chi connectivity index (χ2n) is 8.86. The van der Waals surface area contributed by atoms with Crippen molar-refractivity contribution in [2.24, 2.45) is 0 Å². The second-order valence-corrected chi connectivity index (χ2v) is 8.86. The summed E-state index contributed by atoms with van der Waals surface area (Å²) in [6, 6.07) is 16.9. The molecule has 0 spiro atoms. The number of ether oxygens (including phenoxy) is 1. The Hall–Kier alpha value is -5.19. The average molecular weight is 526 g/mol. The number of nitrogens with two attached hydrogens (primary N) is 1. The molecule has 3 heterocycles. The van der Waals surface area contributed by atoms with Crippen molar-refractivity contribution < 1.29 is 13.5 Å². The van der Waals surface area contributed by atoms with Crippen LogP contribution in [-0.4, -0.2) is 36.4 Å². The van der Waals surface area contributed by atoms with Crippen molar-refractivity contribution in [3.8, 4) is 22.7 Å². The maximum absolute atomic E-state index is 14.8.